The number of rotatable bonds is 5. The molecule has 116 valence electrons. The third kappa shape index (κ3) is 4.00. The van der Waals surface area contributed by atoms with Crippen molar-refractivity contribution in [3.05, 3.63) is 66.3 Å². The Kier molecular flexibility index (Phi) is 4.42. The highest BCUT2D eigenvalue weighted by Crippen LogP contribution is 2.16. The second-order valence-corrected chi connectivity index (χ2v) is 4.93. The normalized spacial score (nSPS) is 10.5. The average molecular weight is 311 g/mol. The van der Waals surface area contributed by atoms with Crippen molar-refractivity contribution in [3.8, 4) is 11.4 Å². The van der Waals surface area contributed by atoms with Crippen LogP contribution in [0.1, 0.15) is 12.3 Å². The van der Waals surface area contributed by atoms with Gasteiger partial charge in [-0.25, -0.2) is 4.39 Å². The number of nitrogens with zero attached hydrogens (tertiary/aromatic N) is 2. The average Bonchev–Trinajstić information content (AvgIpc) is 3.04. The molecule has 0 radical (unpaired) electrons. The van der Waals surface area contributed by atoms with Crippen LogP contribution in [0.25, 0.3) is 11.4 Å². The molecule has 0 bridgehead atoms. The van der Waals surface area contributed by atoms with Crippen LogP contribution >= 0.6 is 0 Å². The largest absolute Gasteiger partial charge is 0.339 e. The van der Waals surface area contributed by atoms with Crippen molar-refractivity contribution in [1.29, 1.82) is 0 Å². The Morgan fingerprint density at radius 1 is 1.09 bits per heavy atom. The fourth-order valence-electron chi connectivity index (χ4n) is 2.04. The summed E-state index contributed by atoms with van der Waals surface area (Å²) in [7, 11) is 0. The minimum Gasteiger partial charge on any atom is -0.339 e. The van der Waals surface area contributed by atoms with E-state index in [0.717, 1.165) is 5.69 Å². The van der Waals surface area contributed by atoms with E-state index in [-0.39, 0.29) is 18.1 Å². The van der Waals surface area contributed by atoms with Crippen molar-refractivity contribution in [2.24, 2.45) is 0 Å². The first-order chi connectivity index (χ1) is 11.2. The monoisotopic (exact) mass is 311 g/mol. The van der Waals surface area contributed by atoms with Gasteiger partial charge in [-0.15, -0.1) is 0 Å². The van der Waals surface area contributed by atoms with Crippen LogP contribution in [0.3, 0.4) is 0 Å². The zero-order chi connectivity index (χ0) is 16.1. The first-order valence-corrected chi connectivity index (χ1v) is 7.14. The molecule has 3 aromatic rings. The lowest BCUT2D eigenvalue weighted by Gasteiger charge is -2.02. The Hall–Kier alpha value is -3.02. The predicted molar refractivity (Wildman–Crippen MR) is 83.1 cm³/mol. The van der Waals surface area contributed by atoms with Crippen molar-refractivity contribution >= 4 is 11.6 Å². The van der Waals surface area contributed by atoms with E-state index >= 15 is 0 Å². The Balaban J connectivity index is 1.57. The number of aromatic nitrogens is 2. The molecule has 1 aromatic heterocycles. The van der Waals surface area contributed by atoms with E-state index in [4.69, 9.17) is 4.52 Å². The maximum Gasteiger partial charge on any atom is 0.227 e. The van der Waals surface area contributed by atoms with Gasteiger partial charge in [0.2, 0.25) is 17.6 Å². The van der Waals surface area contributed by atoms with E-state index in [1.54, 1.807) is 12.1 Å². The van der Waals surface area contributed by atoms with Gasteiger partial charge < -0.3 is 9.84 Å². The van der Waals surface area contributed by atoms with Crippen molar-refractivity contribution in [3.63, 3.8) is 0 Å². The van der Waals surface area contributed by atoms with Crippen molar-refractivity contribution in [2.75, 3.05) is 5.32 Å². The molecule has 0 saturated carbocycles. The van der Waals surface area contributed by atoms with Crippen LogP contribution < -0.4 is 5.32 Å². The fraction of sp³-hybridized carbons (Fsp3) is 0.118. The quantitative estimate of drug-likeness (QED) is 0.783. The Morgan fingerprint density at radius 2 is 1.83 bits per heavy atom. The molecule has 0 spiro atoms. The van der Waals surface area contributed by atoms with Crippen LogP contribution in [0.2, 0.25) is 0 Å². The van der Waals surface area contributed by atoms with E-state index in [0.29, 0.717) is 23.7 Å². The van der Waals surface area contributed by atoms with E-state index in [1.807, 2.05) is 30.3 Å². The summed E-state index contributed by atoms with van der Waals surface area (Å²) in [5.74, 6) is 0.295. The number of halogens is 1. The molecule has 1 heterocycles. The number of carbonyl (C=O) groups is 1. The number of hydrogen-bond acceptors (Lipinski definition) is 4. The van der Waals surface area contributed by atoms with Crippen LogP contribution in [-0.2, 0) is 11.2 Å². The van der Waals surface area contributed by atoms with Crippen molar-refractivity contribution in [2.45, 2.75) is 12.8 Å². The minimum absolute atomic E-state index is 0.127. The smallest absolute Gasteiger partial charge is 0.227 e. The van der Waals surface area contributed by atoms with Gasteiger partial charge in [-0.1, -0.05) is 23.4 Å². The molecule has 0 saturated heterocycles. The van der Waals surface area contributed by atoms with Crippen LogP contribution in [0, 0.1) is 5.82 Å². The number of aryl methyl sites for hydroxylation is 1. The predicted octanol–water partition coefficient (Wildman–Crippen LogP) is 3.45. The number of carbonyl (C=O) groups excluding carboxylic acids is 1. The molecule has 5 nitrogen and oxygen atoms in total. The zero-order valence-corrected chi connectivity index (χ0v) is 12.2. The van der Waals surface area contributed by atoms with Gasteiger partial charge in [0.1, 0.15) is 5.82 Å². The molecule has 0 aliphatic carbocycles. The van der Waals surface area contributed by atoms with Crippen LogP contribution in [-0.4, -0.2) is 16.0 Å². The highest BCUT2D eigenvalue weighted by atomic mass is 19.1. The molecule has 3 rings (SSSR count). The molecule has 1 amide bonds. The molecule has 2 aromatic carbocycles. The lowest BCUT2D eigenvalue weighted by atomic mass is 10.2. The Morgan fingerprint density at radius 3 is 2.57 bits per heavy atom. The summed E-state index contributed by atoms with van der Waals surface area (Å²) in [6, 6.07) is 15.0. The Labute approximate surface area is 132 Å². The number of anilines is 1. The zero-order valence-electron chi connectivity index (χ0n) is 12.2. The standard InChI is InChI=1S/C17H14FN3O2/c18-13-8-6-12(7-9-13)17-20-16(23-21-17)11-10-15(22)19-14-4-2-1-3-5-14/h1-9H,10-11H2,(H,19,22). The highest BCUT2D eigenvalue weighted by Gasteiger charge is 2.11. The molecule has 0 unspecified atom stereocenters. The number of nitrogens with one attached hydrogen (secondary N) is 1. The van der Waals surface area contributed by atoms with Gasteiger partial charge >= 0.3 is 0 Å². The Bertz CT molecular complexity index is 785. The first-order valence-electron chi connectivity index (χ1n) is 7.14. The topological polar surface area (TPSA) is 68.0 Å². The molecule has 0 fully saturated rings. The SMILES string of the molecule is O=C(CCc1nc(-c2ccc(F)cc2)no1)Nc1ccccc1. The molecule has 6 heteroatoms. The third-order valence-electron chi connectivity index (χ3n) is 3.19. The maximum atomic E-state index is 12.9. The third-order valence-corrected chi connectivity index (χ3v) is 3.19. The van der Waals surface area contributed by atoms with Gasteiger partial charge in [-0.3, -0.25) is 4.79 Å². The highest BCUT2D eigenvalue weighted by molar-refractivity contribution is 5.90. The molecular formula is C17H14FN3O2. The maximum absolute atomic E-state index is 12.9. The van der Waals surface area contributed by atoms with Gasteiger partial charge in [-0.05, 0) is 36.4 Å². The van der Waals surface area contributed by atoms with Gasteiger partial charge in [0.25, 0.3) is 0 Å². The van der Waals surface area contributed by atoms with E-state index < -0.39 is 0 Å². The summed E-state index contributed by atoms with van der Waals surface area (Å²) >= 11 is 0. The number of hydrogen-bond donors (Lipinski definition) is 1. The summed E-state index contributed by atoms with van der Waals surface area (Å²) < 4.78 is 18.0. The fourth-order valence-corrected chi connectivity index (χ4v) is 2.04. The molecule has 23 heavy (non-hydrogen) atoms. The number of benzene rings is 2. The molecule has 0 aliphatic rings. The van der Waals surface area contributed by atoms with Crippen LogP contribution in [0.5, 0.6) is 0 Å². The number of para-hydroxylation sites is 1. The minimum atomic E-state index is -0.324. The molecular weight excluding hydrogens is 297 g/mol. The molecule has 0 atom stereocenters. The van der Waals surface area contributed by atoms with Gasteiger partial charge in [0.05, 0.1) is 0 Å². The summed E-state index contributed by atoms with van der Waals surface area (Å²) in [4.78, 5) is 16.1. The van der Waals surface area contributed by atoms with E-state index in [2.05, 4.69) is 15.5 Å². The summed E-state index contributed by atoms with van der Waals surface area (Å²) in [5, 5.41) is 6.62. The molecule has 1 N–H and O–H groups in total. The van der Waals surface area contributed by atoms with E-state index in [9.17, 15) is 9.18 Å². The van der Waals surface area contributed by atoms with Crippen LogP contribution in [0.15, 0.2) is 59.1 Å². The second-order valence-electron chi connectivity index (χ2n) is 4.93. The van der Waals surface area contributed by atoms with Crippen molar-refractivity contribution < 1.29 is 13.7 Å². The summed E-state index contributed by atoms with van der Waals surface area (Å²) in [5.41, 5.74) is 1.41. The van der Waals surface area contributed by atoms with Gasteiger partial charge in [-0.2, -0.15) is 4.98 Å². The van der Waals surface area contributed by atoms with E-state index in [1.165, 1.54) is 12.1 Å². The summed E-state index contributed by atoms with van der Waals surface area (Å²) in [6.45, 7) is 0. The van der Waals surface area contributed by atoms with Crippen molar-refractivity contribution in [1.82, 2.24) is 10.1 Å². The molecule has 0 aliphatic heterocycles. The van der Waals surface area contributed by atoms with Gasteiger partial charge in [0, 0.05) is 24.1 Å². The lowest BCUT2D eigenvalue weighted by Crippen LogP contribution is -2.12. The summed E-state index contributed by atoms with van der Waals surface area (Å²) in [6.07, 6.45) is 0.576. The second kappa shape index (κ2) is 6.83. The lowest BCUT2D eigenvalue weighted by molar-refractivity contribution is -0.116. The number of amides is 1. The first kappa shape index (κ1) is 14.9. The van der Waals surface area contributed by atoms with Gasteiger partial charge in [0.15, 0.2) is 0 Å². The van der Waals surface area contributed by atoms with Crippen LogP contribution in [0.4, 0.5) is 10.1 Å².